The van der Waals surface area contributed by atoms with E-state index in [0.29, 0.717) is 5.16 Å². The number of sulfonamides is 1. The molecule has 0 aliphatic carbocycles. The van der Waals surface area contributed by atoms with E-state index in [1.807, 2.05) is 0 Å². The first-order valence-corrected chi connectivity index (χ1v) is 6.13. The van der Waals surface area contributed by atoms with Crippen LogP contribution in [0.15, 0.2) is 10.1 Å². The summed E-state index contributed by atoms with van der Waals surface area (Å²) in [6.45, 7) is 0. The third-order valence-electron chi connectivity index (χ3n) is 1.36. The van der Waals surface area contributed by atoms with E-state index in [9.17, 15) is 8.42 Å². The Balaban J connectivity index is 3.48. The highest BCUT2D eigenvalue weighted by atomic mass is 32.2. The number of aromatic nitrogens is 2. The molecular weight excluding hydrogens is 226 g/mol. The van der Waals surface area contributed by atoms with E-state index in [0.717, 1.165) is 0 Å². The largest absolute Gasteiger partial charge is 0.382 e. The summed E-state index contributed by atoms with van der Waals surface area (Å²) < 4.78 is 22.0. The van der Waals surface area contributed by atoms with Gasteiger partial charge in [-0.15, -0.1) is 0 Å². The number of hydrogen-bond acceptors (Lipinski definition) is 7. The van der Waals surface area contributed by atoms with Crippen molar-refractivity contribution in [2.24, 2.45) is 5.14 Å². The predicted molar refractivity (Wildman–Crippen MR) is 54.0 cm³/mol. The van der Waals surface area contributed by atoms with E-state index in [-0.39, 0.29) is 11.6 Å². The minimum absolute atomic E-state index is 0.232. The van der Waals surface area contributed by atoms with Crippen molar-refractivity contribution in [3.63, 3.8) is 0 Å². The standard InChI is InChI=1S/C5H9N5O2S2/c1-13-5-9-3(6)2(4(7)10-5)14(8,11)12/h1H3,(H2,8,11,12)(H4,6,7,9,10). The summed E-state index contributed by atoms with van der Waals surface area (Å²) in [5.74, 6) is -0.464. The Hall–Kier alpha value is -1.06. The second-order valence-electron chi connectivity index (χ2n) is 2.35. The van der Waals surface area contributed by atoms with E-state index in [1.165, 1.54) is 11.8 Å². The maximum absolute atomic E-state index is 11.0. The van der Waals surface area contributed by atoms with Gasteiger partial charge in [0, 0.05) is 0 Å². The van der Waals surface area contributed by atoms with Gasteiger partial charge in [-0.05, 0) is 6.26 Å². The second-order valence-corrected chi connectivity index (χ2v) is 4.63. The van der Waals surface area contributed by atoms with Gasteiger partial charge in [-0.3, -0.25) is 0 Å². The van der Waals surface area contributed by atoms with Gasteiger partial charge in [0.2, 0.25) is 10.0 Å². The van der Waals surface area contributed by atoms with Crippen LogP contribution in [0.25, 0.3) is 0 Å². The van der Waals surface area contributed by atoms with Crippen molar-refractivity contribution in [2.75, 3.05) is 17.7 Å². The van der Waals surface area contributed by atoms with Gasteiger partial charge in [-0.1, -0.05) is 11.8 Å². The summed E-state index contributed by atoms with van der Waals surface area (Å²) >= 11 is 1.20. The molecule has 1 aromatic rings. The topological polar surface area (TPSA) is 138 Å². The summed E-state index contributed by atoms with van der Waals surface area (Å²) in [4.78, 5) is 7.00. The Bertz CT molecular complexity index is 434. The van der Waals surface area contributed by atoms with E-state index >= 15 is 0 Å². The lowest BCUT2D eigenvalue weighted by Crippen LogP contribution is -2.18. The number of nitrogen functional groups attached to an aromatic ring is 2. The molecule has 14 heavy (non-hydrogen) atoms. The Labute approximate surface area is 85.1 Å². The van der Waals surface area contributed by atoms with Gasteiger partial charge < -0.3 is 11.5 Å². The van der Waals surface area contributed by atoms with Crippen molar-refractivity contribution in [3.05, 3.63) is 0 Å². The summed E-state index contributed by atoms with van der Waals surface area (Å²) in [6, 6.07) is 0. The minimum Gasteiger partial charge on any atom is -0.382 e. The number of hydrogen-bond donors (Lipinski definition) is 3. The highest BCUT2D eigenvalue weighted by Crippen LogP contribution is 2.23. The molecule has 1 aromatic heterocycles. The Kier molecular flexibility index (Phi) is 2.83. The molecule has 0 saturated carbocycles. The van der Waals surface area contributed by atoms with Crippen molar-refractivity contribution in [3.8, 4) is 0 Å². The minimum atomic E-state index is -3.97. The highest BCUT2D eigenvalue weighted by molar-refractivity contribution is 7.98. The van der Waals surface area contributed by atoms with Gasteiger partial charge in [0.05, 0.1) is 0 Å². The molecule has 0 aliphatic rings. The van der Waals surface area contributed by atoms with Crippen LogP contribution in [-0.4, -0.2) is 24.6 Å². The van der Waals surface area contributed by atoms with Crippen molar-refractivity contribution < 1.29 is 8.42 Å². The maximum Gasteiger partial charge on any atom is 0.245 e. The quantitative estimate of drug-likeness (QED) is 0.442. The van der Waals surface area contributed by atoms with Crippen molar-refractivity contribution in [1.82, 2.24) is 9.97 Å². The molecule has 7 nitrogen and oxygen atoms in total. The van der Waals surface area contributed by atoms with Gasteiger partial charge in [-0.2, -0.15) is 0 Å². The zero-order valence-electron chi connectivity index (χ0n) is 7.26. The molecule has 0 aromatic carbocycles. The van der Waals surface area contributed by atoms with Crippen LogP contribution in [0, 0.1) is 0 Å². The van der Waals surface area contributed by atoms with E-state index < -0.39 is 14.9 Å². The van der Waals surface area contributed by atoms with Crippen LogP contribution in [0.2, 0.25) is 0 Å². The lowest BCUT2D eigenvalue weighted by Gasteiger charge is -2.06. The Morgan fingerprint density at radius 2 is 1.64 bits per heavy atom. The predicted octanol–water partition coefficient (Wildman–Crippen LogP) is -0.990. The number of thioether (sulfide) groups is 1. The zero-order valence-corrected chi connectivity index (χ0v) is 8.89. The van der Waals surface area contributed by atoms with Crippen LogP contribution in [0.5, 0.6) is 0 Å². The zero-order chi connectivity index (χ0) is 10.9. The number of primary sulfonamides is 1. The van der Waals surface area contributed by atoms with Crippen LogP contribution >= 0.6 is 11.8 Å². The van der Waals surface area contributed by atoms with Crippen molar-refractivity contribution in [1.29, 1.82) is 0 Å². The smallest absolute Gasteiger partial charge is 0.245 e. The molecule has 0 unspecified atom stereocenters. The van der Waals surface area contributed by atoms with Gasteiger partial charge in [0.1, 0.15) is 0 Å². The molecule has 0 saturated heterocycles. The highest BCUT2D eigenvalue weighted by Gasteiger charge is 2.19. The lowest BCUT2D eigenvalue weighted by molar-refractivity contribution is 0.597. The second kappa shape index (κ2) is 3.59. The molecule has 1 rings (SSSR count). The first-order chi connectivity index (χ1) is 6.36. The Morgan fingerprint density at radius 3 is 1.93 bits per heavy atom. The summed E-state index contributed by atoms with van der Waals surface area (Å²) in [7, 11) is -3.97. The SMILES string of the molecule is CSc1nc(N)c(S(N)(=O)=O)c(N)n1. The lowest BCUT2D eigenvalue weighted by atomic mass is 10.5. The van der Waals surface area contributed by atoms with Crippen LogP contribution in [-0.2, 0) is 10.0 Å². The van der Waals surface area contributed by atoms with E-state index in [4.69, 9.17) is 16.6 Å². The fourth-order valence-electron chi connectivity index (χ4n) is 0.847. The van der Waals surface area contributed by atoms with Crippen LogP contribution in [0.4, 0.5) is 11.6 Å². The fourth-order valence-corrected chi connectivity index (χ4v) is 1.90. The monoisotopic (exact) mass is 235 g/mol. The first kappa shape index (κ1) is 11.0. The molecule has 78 valence electrons. The molecule has 0 atom stereocenters. The third kappa shape index (κ3) is 2.05. The molecule has 0 spiro atoms. The van der Waals surface area contributed by atoms with Crippen molar-refractivity contribution >= 4 is 33.4 Å². The Morgan fingerprint density at radius 1 is 1.21 bits per heavy atom. The van der Waals surface area contributed by atoms with Crippen LogP contribution in [0.3, 0.4) is 0 Å². The fraction of sp³-hybridized carbons (Fsp3) is 0.200. The number of rotatable bonds is 2. The van der Waals surface area contributed by atoms with E-state index in [2.05, 4.69) is 9.97 Å². The molecule has 9 heteroatoms. The van der Waals surface area contributed by atoms with Crippen molar-refractivity contribution in [2.45, 2.75) is 10.1 Å². The molecular formula is C5H9N5O2S2. The molecule has 1 heterocycles. The number of nitrogens with zero attached hydrogens (tertiary/aromatic N) is 2. The molecule has 6 N–H and O–H groups in total. The van der Waals surface area contributed by atoms with Gasteiger partial charge >= 0.3 is 0 Å². The van der Waals surface area contributed by atoms with Crippen LogP contribution < -0.4 is 16.6 Å². The first-order valence-electron chi connectivity index (χ1n) is 3.36. The molecule has 0 bridgehead atoms. The number of anilines is 2. The average molecular weight is 235 g/mol. The van der Waals surface area contributed by atoms with Gasteiger partial charge in [0.25, 0.3) is 0 Å². The van der Waals surface area contributed by atoms with Gasteiger partial charge in [-0.25, -0.2) is 23.5 Å². The molecule has 0 amide bonds. The average Bonchev–Trinajstić information content (AvgIpc) is 1.99. The molecule has 0 aliphatic heterocycles. The summed E-state index contributed by atoms with van der Waals surface area (Å²) in [5, 5.41) is 5.17. The molecule has 0 fully saturated rings. The summed E-state index contributed by atoms with van der Waals surface area (Å²) in [5.41, 5.74) is 10.8. The maximum atomic E-state index is 11.0. The third-order valence-corrected chi connectivity index (χ3v) is 2.90. The number of nitrogens with two attached hydrogens (primary N) is 3. The normalized spacial score (nSPS) is 11.6. The summed E-state index contributed by atoms with van der Waals surface area (Å²) in [6.07, 6.45) is 1.71. The van der Waals surface area contributed by atoms with Crippen LogP contribution in [0.1, 0.15) is 0 Å². The van der Waals surface area contributed by atoms with E-state index in [1.54, 1.807) is 6.26 Å². The molecule has 0 radical (unpaired) electrons. The van der Waals surface area contributed by atoms with Gasteiger partial charge in [0.15, 0.2) is 21.7 Å².